The molecule has 3 radical (unpaired) electrons. The van der Waals surface area contributed by atoms with Gasteiger partial charge in [0.05, 0.1) is 0 Å². The van der Waals surface area contributed by atoms with Crippen LogP contribution in [0.3, 0.4) is 0 Å². The van der Waals surface area contributed by atoms with E-state index in [1.54, 1.807) is 0 Å². The van der Waals surface area contributed by atoms with E-state index in [0.717, 1.165) is 14.7 Å². The molecule has 0 aromatic heterocycles. The van der Waals surface area contributed by atoms with Gasteiger partial charge in [0.25, 0.3) is 0 Å². The topological polar surface area (TPSA) is 0 Å². The second-order valence-electron chi connectivity index (χ2n) is 3.94. The molecule has 0 amide bonds. The van der Waals surface area contributed by atoms with E-state index < -0.39 is 0 Å². The van der Waals surface area contributed by atoms with Gasteiger partial charge in [0, 0.05) is 14.7 Å². The van der Waals surface area contributed by atoms with Crippen molar-refractivity contribution in [3.63, 3.8) is 0 Å². The summed E-state index contributed by atoms with van der Waals surface area (Å²) in [5, 5.41) is 0. The minimum Gasteiger partial charge on any atom is -0.269 e. The Balaban J connectivity index is -0.000000259. The molecule has 0 saturated heterocycles. The van der Waals surface area contributed by atoms with E-state index in [9.17, 15) is 0 Å². The van der Waals surface area contributed by atoms with E-state index in [-0.39, 0.29) is 14.1 Å². The molecule has 129 valence electrons. The van der Waals surface area contributed by atoms with Gasteiger partial charge in [-0.3, -0.25) is 14.1 Å². The molecule has 0 N–H and O–H groups in total. The Hall–Kier alpha value is -1.89. The Kier molecular flexibility index (Phi) is 19.6. The lowest BCUT2D eigenvalue weighted by Crippen LogP contribution is -1.56. The van der Waals surface area contributed by atoms with E-state index in [1.807, 2.05) is 91.0 Å². The number of benzene rings is 3. The van der Waals surface area contributed by atoms with Crippen molar-refractivity contribution in [2.45, 2.75) is 14.7 Å². The maximum atomic E-state index is 4.81. The summed E-state index contributed by atoms with van der Waals surface area (Å²) in [6.45, 7) is 0. The number of rotatable bonds is 0. The van der Waals surface area contributed by atoms with E-state index in [0.29, 0.717) is 0 Å². The van der Waals surface area contributed by atoms with Crippen LogP contribution in [0.15, 0.2) is 106 Å². The minimum atomic E-state index is 0. The minimum absolute atomic E-state index is 0. The van der Waals surface area contributed by atoms with Gasteiger partial charge in [-0.15, -0.1) is 0 Å². The Labute approximate surface area is 157 Å². The molecular formula is C18H18F3S3. The molecule has 0 aliphatic rings. The molecule has 0 bridgehead atoms. The third-order valence-electron chi connectivity index (χ3n) is 2.23. The van der Waals surface area contributed by atoms with Gasteiger partial charge in [0.1, 0.15) is 0 Å². The predicted molar refractivity (Wildman–Crippen MR) is 104 cm³/mol. The first-order valence-electron chi connectivity index (χ1n) is 6.34. The number of hydrogen-bond donors (Lipinski definition) is 0. The summed E-state index contributed by atoms with van der Waals surface area (Å²) in [4.78, 5) is 2.72. The van der Waals surface area contributed by atoms with Crippen molar-refractivity contribution in [1.29, 1.82) is 0 Å². The summed E-state index contributed by atoms with van der Waals surface area (Å²) in [7, 11) is 0. The van der Waals surface area contributed by atoms with Crippen molar-refractivity contribution in [3.05, 3.63) is 91.0 Å². The van der Waals surface area contributed by atoms with Crippen LogP contribution in [0.5, 0.6) is 0 Å². The van der Waals surface area contributed by atoms with Gasteiger partial charge < -0.3 is 0 Å². The van der Waals surface area contributed by atoms with Crippen LogP contribution in [0.4, 0.5) is 14.1 Å². The molecule has 3 rings (SSSR count). The zero-order chi connectivity index (χ0) is 15.3. The average molecular weight is 388 g/mol. The number of halogens is 3. The predicted octanol–water partition coefficient (Wildman–Crippen LogP) is 7.19. The SMILES string of the molecule is F.F.F.[S]c1ccccc1.[S]c1ccccc1.[S]c1ccccc1. The first kappa shape index (κ1) is 27.0. The third-order valence-corrected chi connectivity index (χ3v) is 3.05. The van der Waals surface area contributed by atoms with E-state index in [1.165, 1.54) is 0 Å². The molecule has 0 unspecified atom stereocenters. The molecule has 0 aliphatic carbocycles. The average Bonchev–Trinajstić information content (AvgIpc) is 2.51. The van der Waals surface area contributed by atoms with Crippen molar-refractivity contribution < 1.29 is 14.1 Å². The van der Waals surface area contributed by atoms with Crippen LogP contribution < -0.4 is 0 Å². The summed E-state index contributed by atoms with van der Waals surface area (Å²) in [6, 6.07) is 28.8. The second kappa shape index (κ2) is 17.5. The zero-order valence-corrected chi connectivity index (χ0v) is 15.1. The first-order chi connectivity index (χ1) is 10.2. The summed E-state index contributed by atoms with van der Waals surface area (Å²) in [5.74, 6) is 0. The molecular weight excluding hydrogens is 369 g/mol. The summed E-state index contributed by atoms with van der Waals surface area (Å²) >= 11 is 14.4. The zero-order valence-electron chi connectivity index (χ0n) is 12.6. The standard InChI is InChI=1S/3C6H5S.3FH/c3*7-6-4-2-1-3-5-6;;;/h3*1-5H;3*1H. The first-order valence-corrected chi connectivity index (χ1v) is 7.57. The molecule has 24 heavy (non-hydrogen) atoms. The third kappa shape index (κ3) is 15.0. The second-order valence-corrected chi connectivity index (χ2v) is 5.35. The van der Waals surface area contributed by atoms with Crippen molar-refractivity contribution >= 4 is 37.9 Å². The molecule has 0 fully saturated rings. The van der Waals surface area contributed by atoms with E-state index in [2.05, 4.69) is 0 Å². The highest BCUT2D eigenvalue weighted by Crippen LogP contribution is 2.02. The molecule has 0 nitrogen and oxygen atoms in total. The van der Waals surface area contributed by atoms with Crippen LogP contribution in [0.2, 0.25) is 0 Å². The fourth-order valence-electron chi connectivity index (χ4n) is 1.26. The lowest BCUT2D eigenvalue weighted by atomic mass is 10.4. The quantitative estimate of drug-likeness (QED) is 0.383. The Morgan fingerprint density at radius 2 is 0.500 bits per heavy atom. The number of hydrogen-bond acceptors (Lipinski definition) is 0. The van der Waals surface area contributed by atoms with Gasteiger partial charge in [-0.2, -0.15) is 0 Å². The smallest absolute Gasteiger partial charge is 0.0377 e. The van der Waals surface area contributed by atoms with E-state index >= 15 is 0 Å². The van der Waals surface area contributed by atoms with E-state index in [4.69, 9.17) is 37.9 Å². The maximum absolute atomic E-state index is 4.81. The van der Waals surface area contributed by atoms with Crippen LogP contribution in [-0.4, -0.2) is 0 Å². The fraction of sp³-hybridized carbons (Fsp3) is 0. The largest absolute Gasteiger partial charge is 0.269 e. The highest BCUT2D eigenvalue weighted by atomic mass is 32.1. The van der Waals surface area contributed by atoms with Gasteiger partial charge >= 0.3 is 0 Å². The Morgan fingerprint density at radius 3 is 0.583 bits per heavy atom. The van der Waals surface area contributed by atoms with Crippen molar-refractivity contribution in [2.24, 2.45) is 0 Å². The van der Waals surface area contributed by atoms with Gasteiger partial charge in [0.15, 0.2) is 0 Å². The van der Waals surface area contributed by atoms with Crippen molar-refractivity contribution in [3.8, 4) is 0 Å². The van der Waals surface area contributed by atoms with Crippen molar-refractivity contribution in [1.82, 2.24) is 0 Å². The molecule has 0 spiro atoms. The van der Waals surface area contributed by atoms with Crippen LogP contribution in [0.25, 0.3) is 0 Å². The van der Waals surface area contributed by atoms with Crippen LogP contribution in [-0.2, 0) is 0 Å². The Morgan fingerprint density at radius 1 is 0.333 bits per heavy atom. The summed E-state index contributed by atoms with van der Waals surface area (Å²) in [6.07, 6.45) is 0. The lowest BCUT2D eigenvalue weighted by Gasteiger charge is -1.80. The highest BCUT2D eigenvalue weighted by molar-refractivity contribution is 7.80. The monoisotopic (exact) mass is 387 g/mol. The summed E-state index contributed by atoms with van der Waals surface area (Å²) < 4.78 is 0. The maximum Gasteiger partial charge on any atom is 0.0377 e. The summed E-state index contributed by atoms with van der Waals surface area (Å²) in [5.41, 5.74) is 0. The van der Waals surface area contributed by atoms with Crippen molar-refractivity contribution in [2.75, 3.05) is 0 Å². The molecule has 0 saturated carbocycles. The van der Waals surface area contributed by atoms with Gasteiger partial charge in [0.2, 0.25) is 0 Å². The fourth-order valence-corrected chi connectivity index (χ4v) is 1.73. The highest BCUT2D eigenvalue weighted by Gasteiger charge is 1.76. The van der Waals surface area contributed by atoms with Gasteiger partial charge in [-0.25, -0.2) is 0 Å². The van der Waals surface area contributed by atoms with Gasteiger partial charge in [-0.1, -0.05) is 92.5 Å². The molecule has 3 aromatic rings. The van der Waals surface area contributed by atoms with Crippen LogP contribution in [0, 0.1) is 0 Å². The lowest BCUT2D eigenvalue weighted by molar-refractivity contribution is 1.11. The molecule has 6 heteroatoms. The molecule has 0 heterocycles. The molecule has 0 atom stereocenters. The Bertz CT molecular complexity index is 505. The normalized spacial score (nSPS) is 7.50. The van der Waals surface area contributed by atoms with Crippen LogP contribution in [0.1, 0.15) is 0 Å². The van der Waals surface area contributed by atoms with Gasteiger partial charge in [-0.05, 0) is 36.4 Å². The molecule has 3 aromatic carbocycles. The molecule has 0 aliphatic heterocycles. The van der Waals surface area contributed by atoms with Crippen LogP contribution >= 0.6 is 37.9 Å².